The molecule has 0 spiro atoms. The van der Waals surface area contributed by atoms with Crippen LogP contribution in [0.25, 0.3) is 0 Å². The van der Waals surface area contributed by atoms with Crippen LogP contribution in [0.3, 0.4) is 0 Å². The van der Waals surface area contributed by atoms with E-state index in [1.54, 1.807) is 0 Å². The molecule has 30 heteroatoms. The standard InChI is InChI=1S/C38H60I4O26/c1-55-7-13-31-19(47)25(53)37(61-13)65-29-11(5-41)57-33(21(49)15(29)43)64-28-10(4-40)60-36(24(52)18(28)46)68-32-14(8-56-2)62-38(26(54)20(32)48)66-30-12(6-42)58-34(22(50)16(30)44)63-27-9(3-39)59-35(67-31)23(51)17(27)45/h9-38,43-54H,3-8H2,1-2H3/t9-,10-,11-,12-,13-,14-,15-,16-,17-,18-,19-,20-,21-,22-,23-,24-,25-,26-,27-,28-,29-,30-,31-,32-,33-,34-,35-,36-,37-,38-/m1/s1. The van der Waals surface area contributed by atoms with Crippen LogP contribution in [-0.4, -0.2) is 291 Å². The highest BCUT2D eigenvalue weighted by molar-refractivity contribution is 14.1. The van der Waals surface area contributed by atoms with Crippen molar-refractivity contribution in [2.75, 3.05) is 45.1 Å². The van der Waals surface area contributed by atoms with Crippen LogP contribution in [0.15, 0.2) is 0 Å². The normalized spacial score (nSPS) is 54.1. The van der Waals surface area contributed by atoms with E-state index < -0.39 is 184 Å². The van der Waals surface area contributed by atoms with E-state index in [-0.39, 0.29) is 30.9 Å². The third kappa shape index (κ3) is 11.9. The van der Waals surface area contributed by atoms with Crippen LogP contribution in [-0.2, 0) is 66.3 Å². The van der Waals surface area contributed by atoms with E-state index in [4.69, 9.17) is 66.3 Å². The van der Waals surface area contributed by atoms with E-state index in [9.17, 15) is 61.3 Å². The fraction of sp³-hybridized carbons (Fsp3) is 1.00. The summed E-state index contributed by atoms with van der Waals surface area (Å²) < 4.78 is 83.5. The minimum absolute atomic E-state index is 0.0860. The van der Waals surface area contributed by atoms with E-state index in [2.05, 4.69) is 0 Å². The summed E-state index contributed by atoms with van der Waals surface area (Å²) in [5.74, 6) is 0. The van der Waals surface area contributed by atoms with Crippen molar-refractivity contribution in [1.82, 2.24) is 0 Å². The average molecular weight is 1440 g/mol. The van der Waals surface area contributed by atoms with Gasteiger partial charge in [-0.25, -0.2) is 0 Å². The molecule has 396 valence electrons. The summed E-state index contributed by atoms with van der Waals surface area (Å²) in [6.07, 6.45) is -48.2. The quantitative estimate of drug-likeness (QED) is 0.0795. The Morgan fingerprint density at radius 1 is 0.265 bits per heavy atom. The maximum Gasteiger partial charge on any atom is 0.187 e. The van der Waals surface area contributed by atoms with E-state index in [0.29, 0.717) is 0 Å². The summed E-state index contributed by atoms with van der Waals surface area (Å²) in [5.41, 5.74) is 0. The number of rotatable bonds is 8. The zero-order chi connectivity index (χ0) is 49.5. The predicted octanol–water partition coefficient (Wildman–Crippen LogP) is -5.98. The number of halogens is 4. The smallest absolute Gasteiger partial charge is 0.187 e. The van der Waals surface area contributed by atoms with Crippen molar-refractivity contribution in [1.29, 1.82) is 0 Å². The zero-order valence-electron chi connectivity index (χ0n) is 36.2. The minimum atomic E-state index is -1.91. The van der Waals surface area contributed by atoms with Crippen molar-refractivity contribution in [2.45, 2.75) is 184 Å². The molecule has 12 bridgehead atoms. The highest BCUT2D eigenvalue weighted by Gasteiger charge is 2.58. The Kier molecular flexibility index (Phi) is 21.5. The Hall–Kier alpha value is 1.88. The number of ether oxygens (including phenoxy) is 14. The van der Waals surface area contributed by atoms with Gasteiger partial charge in [-0.3, -0.25) is 0 Å². The Balaban J connectivity index is 1.20. The zero-order valence-corrected chi connectivity index (χ0v) is 44.8. The lowest BCUT2D eigenvalue weighted by atomic mass is 9.95. The van der Waals surface area contributed by atoms with Gasteiger partial charge < -0.3 is 128 Å². The molecule has 0 aromatic carbocycles. The fourth-order valence-corrected chi connectivity index (χ4v) is 12.0. The molecule has 0 amide bonds. The second-order valence-electron chi connectivity index (χ2n) is 17.3. The van der Waals surface area contributed by atoms with Gasteiger partial charge in [-0.05, 0) is 0 Å². The monoisotopic (exact) mass is 1440 g/mol. The molecule has 22 saturated heterocycles. The van der Waals surface area contributed by atoms with Gasteiger partial charge in [-0.15, -0.1) is 0 Å². The number of alkyl halides is 4. The number of methoxy groups -OCH3 is 2. The summed E-state index contributed by atoms with van der Waals surface area (Å²) >= 11 is 7.70. The van der Waals surface area contributed by atoms with Gasteiger partial charge in [0.15, 0.2) is 37.7 Å². The molecule has 22 rings (SSSR count). The van der Waals surface area contributed by atoms with Crippen LogP contribution in [0.5, 0.6) is 0 Å². The van der Waals surface area contributed by atoms with Crippen LogP contribution < -0.4 is 0 Å². The van der Waals surface area contributed by atoms with Gasteiger partial charge in [-0.1, -0.05) is 90.4 Å². The number of aliphatic hydroxyl groups is 12. The molecule has 22 aliphatic heterocycles. The first-order chi connectivity index (χ1) is 32.4. The van der Waals surface area contributed by atoms with Crippen LogP contribution >= 0.6 is 90.4 Å². The van der Waals surface area contributed by atoms with Gasteiger partial charge in [0.1, 0.15) is 122 Å². The lowest BCUT2D eigenvalue weighted by Gasteiger charge is -2.51. The van der Waals surface area contributed by atoms with Crippen molar-refractivity contribution in [3.8, 4) is 0 Å². The molecule has 0 saturated carbocycles. The summed E-state index contributed by atoms with van der Waals surface area (Å²) in [6.45, 7) is -0.577. The van der Waals surface area contributed by atoms with E-state index in [1.807, 2.05) is 90.4 Å². The van der Waals surface area contributed by atoms with Gasteiger partial charge in [0, 0.05) is 31.9 Å². The molecule has 26 nitrogen and oxygen atoms in total. The van der Waals surface area contributed by atoms with Gasteiger partial charge in [0.25, 0.3) is 0 Å². The largest absolute Gasteiger partial charge is 0.387 e. The molecule has 22 aliphatic rings. The number of hydrogen-bond acceptors (Lipinski definition) is 26. The van der Waals surface area contributed by atoms with Crippen molar-refractivity contribution >= 4 is 90.4 Å². The molecule has 0 aromatic heterocycles. The number of hydrogen-bond donors (Lipinski definition) is 12. The first-order valence-corrected chi connectivity index (χ1v) is 27.8. The van der Waals surface area contributed by atoms with Crippen molar-refractivity contribution in [3.05, 3.63) is 0 Å². The van der Waals surface area contributed by atoms with E-state index in [1.165, 1.54) is 14.2 Å². The van der Waals surface area contributed by atoms with E-state index in [0.717, 1.165) is 0 Å². The van der Waals surface area contributed by atoms with Crippen molar-refractivity contribution in [2.24, 2.45) is 0 Å². The third-order valence-corrected chi connectivity index (χ3v) is 16.3. The molecular formula is C38H60I4O26. The highest BCUT2D eigenvalue weighted by atomic mass is 127. The van der Waals surface area contributed by atoms with Crippen LogP contribution in [0.4, 0.5) is 0 Å². The Labute approximate surface area is 443 Å². The lowest BCUT2D eigenvalue weighted by Crippen LogP contribution is -2.69. The summed E-state index contributed by atoms with van der Waals surface area (Å²) in [4.78, 5) is 0. The summed E-state index contributed by atoms with van der Waals surface area (Å²) in [7, 11) is 2.63. The summed E-state index contributed by atoms with van der Waals surface area (Å²) in [5, 5.41) is 137. The van der Waals surface area contributed by atoms with Crippen LogP contribution in [0, 0.1) is 0 Å². The molecular weight excluding hydrogens is 1380 g/mol. The Morgan fingerprint density at radius 3 is 0.588 bits per heavy atom. The molecule has 30 atom stereocenters. The SMILES string of the molecule is COC[C@H]1O[C@@H]2O[C@H]3[C@H](O)[C@@H](O)[C@@H](O[C@H]4[C@H](O)[C@@H](O)[C@@H](O[C@H]5[C@H](O)[C@@H](O)[C@@H](O[C@H]6[C@H](O)[C@@H](O)[C@@H](O[C@H]7[C@H](O)[C@@H](O)[C@@H](O[C@H]1[C@H](O)[C@H]2O)O[C@@H]7CI)O[C@@H]6CI)O[C@@H]5COC)O[C@@H]4CI)O[C@@H]3CI. The maximum atomic E-state index is 11.5. The van der Waals surface area contributed by atoms with Crippen LogP contribution in [0.2, 0.25) is 0 Å². The number of aliphatic hydroxyl groups excluding tert-OH is 12. The first kappa shape index (κ1) is 57.6. The molecule has 0 aliphatic carbocycles. The van der Waals surface area contributed by atoms with Gasteiger partial charge in [-0.2, -0.15) is 0 Å². The third-order valence-electron chi connectivity index (χ3n) is 12.9. The predicted molar refractivity (Wildman–Crippen MR) is 253 cm³/mol. The Morgan fingerprint density at radius 2 is 0.426 bits per heavy atom. The molecule has 0 unspecified atom stereocenters. The average Bonchev–Trinajstić information content (AvgIpc) is 3.32. The Bertz CT molecular complexity index is 1450. The molecule has 12 N–H and O–H groups in total. The summed E-state index contributed by atoms with van der Waals surface area (Å²) in [6, 6.07) is 0. The lowest BCUT2D eigenvalue weighted by molar-refractivity contribution is -0.399. The minimum Gasteiger partial charge on any atom is -0.387 e. The van der Waals surface area contributed by atoms with Crippen LogP contribution in [0.1, 0.15) is 0 Å². The van der Waals surface area contributed by atoms with Gasteiger partial charge in [0.05, 0.1) is 37.6 Å². The fourth-order valence-electron chi connectivity index (χ4n) is 9.14. The van der Waals surface area contributed by atoms with E-state index >= 15 is 0 Å². The second kappa shape index (κ2) is 25.4. The highest BCUT2D eigenvalue weighted by Crippen LogP contribution is 2.39. The van der Waals surface area contributed by atoms with Crippen molar-refractivity contribution in [3.63, 3.8) is 0 Å². The first-order valence-electron chi connectivity index (χ1n) is 21.7. The van der Waals surface area contributed by atoms with Gasteiger partial charge >= 0.3 is 0 Å². The molecule has 0 radical (unpaired) electrons. The second-order valence-corrected chi connectivity index (χ2v) is 20.8. The molecule has 22 heterocycles. The van der Waals surface area contributed by atoms with Crippen molar-refractivity contribution < 1.29 is 128 Å². The maximum absolute atomic E-state index is 11.5. The molecule has 68 heavy (non-hydrogen) atoms. The topological polar surface area (TPSA) is 372 Å². The van der Waals surface area contributed by atoms with Gasteiger partial charge in [0.2, 0.25) is 0 Å². The molecule has 0 aromatic rings. The molecule has 22 fully saturated rings.